The maximum absolute atomic E-state index is 13.8. The number of carbonyl (C=O) groups excluding carboxylic acids is 4. The highest BCUT2D eigenvalue weighted by Gasteiger charge is 2.57. The lowest BCUT2D eigenvalue weighted by Gasteiger charge is -2.41. The first-order valence-electron chi connectivity index (χ1n) is 11.9. The number of halogens is 1. The summed E-state index contributed by atoms with van der Waals surface area (Å²) >= 11 is 3.18. The van der Waals surface area contributed by atoms with Crippen LogP contribution in [0.5, 0.6) is 0 Å². The van der Waals surface area contributed by atoms with Crippen LogP contribution < -0.4 is 4.90 Å². The Balaban J connectivity index is 1.44. The van der Waals surface area contributed by atoms with Crippen LogP contribution in [0.15, 0.2) is 74.2 Å². The zero-order chi connectivity index (χ0) is 26.9. The molecule has 11 heteroatoms. The molecule has 2 amide bonds. The Morgan fingerprint density at radius 2 is 1.79 bits per heavy atom. The lowest BCUT2D eigenvalue weighted by Crippen LogP contribution is -2.39. The maximum Gasteiger partial charge on any atom is 0.269 e. The number of nitro benzene ring substituents is 1. The largest absolute Gasteiger partial charge is 0.463 e. The van der Waals surface area contributed by atoms with Crippen molar-refractivity contribution in [2.24, 2.45) is 17.8 Å². The van der Waals surface area contributed by atoms with Gasteiger partial charge in [0.2, 0.25) is 11.8 Å². The predicted molar refractivity (Wildman–Crippen MR) is 135 cm³/mol. The molecule has 10 nitrogen and oxygen atoms in total. The Kier molecular flexibility index (Phi) is 5.65. The standard InChI is InChI=1S/C27H19BrN2O8/c28-19-10-20(32)23-18(25(19)33)9-17-15(24(23)21-8-5-14(11-31)38-21)6-7-16-22(17)27(35)29(26(16)34)12-1-3-13(4-2-12)30(36)37/h1-6,8,10,16-17,22,24,31H,7,9,11H2. The van der Waals surface area contributed by atoms with E-state index in [-0.39, 0.29) is 58.0 Å². The highest BCUT2D eigenvalue weighted by Crippen LogP contribution is 2.55. The van der Waals surface area contributed by atoms with Gasteiger partial charge in [0.1, 0.15) is 18.1 Å². The van der Waals surface area contributed by atoms with Crippen molar-refractivity contribution in [1.29, 1.82) is 0 Å². The van der Waals surface area contributed by atoms with Crippen LogP contribution in [0.2, 0.25) is 0 Å². The van der Waals surface area contributed by atoms with Gasteiger partial charge < -0.3 is 9.52 Å². The van der Waals surface area contributed by atoms with E-state index in [1.54, 1.807) is 12.1 Å². The number of hydrogen-bond donors (Lipinski definition) is 1. The van der Waals surface area contributed by atoms with Crippen molar-refractivity contribution in [1.82, 2.24) is 0 Å². The molecule has 2 aromatic rings. The number of benzene rings is 1. The molecule has 4 atom stereocenters. The number of nitro groups is 1. The van der Waals surface area contributed by atoms with Gasteiger partial charge in [-0.25, -0.2) is 0 Å². The first kappa shape index (κ1) is 24.4. The smallest absolute Gasteiger partial charge is 0.269 e. The Morgan fingerprint density at radius 3 is 2.45 bits per heavy atom. The minimum absolute atomic E-state index is 0.104. The van der Waals surface area contributed by atoms with Crippen molar-refractivity contribution in [3.8, 4) is 0 Å². The van der Waals surface area contributed by atoms with E-state index in [0.29, 0.717) is 11.5 Å². The minimum Gasteiger partial charge on any atom is -0.463 e. The summed E-state index contributed by atoms with van der Waals surface area (Å²) in [5.74, 6) is -3.65. The second kappa shape index (κ2) is 8.81. The number of allylic oxidation sites excluding steroid dienone is 6. The summed E-state index contributed by atoms with van der Waals surface area (Å²) < 4.78 is 5.94. The van der Waals surface area contributed by atoms with E-state index in [9.17, 15) is 34.4 Å². The summed E-state index contributed by atoms with van der Waals surface area (Å²) in [6.07, 6.45) is 3.44. The van der Waals surface area contributed by atoms with Crippen molar-refractivity contribution in [3.05, 3.63) is 91.4 Å². The van der Waals surface area contributed by atoms with Crippen LogP contribution in [0, 0.1) is 27.9 Å². The van der Waals surface area contributed by atoms with Crippen LogP contribution in [0.3, 0.4) is 0 Å². The van der Waals surface area contributed by atoms with Crippen molar-refractivity contribution in [2.45, 2.75) is 25.4 Å². The van der Waals surface area contributed by atoms with E-state index in [2.05, 4.69) is 15.9 Å². The maximum atomic E-state index is 13.8. The fourth-order valence-electron chi connectivity index (χ4n) is 6.15. The van der Waals surface area contributed by atoms with Crippen LogP contribution in [0.25, 0.3) is 0 Å². The molecule has 1 saturated heterocycles. The van der Waals surface area contributed by atoms with Crippen molar-refractivity contribution < 1.29 is 33.6 Å². The first-order chi connectivity index (χ1) is 18.2. The lowest BCUT2D eigenvalue weighted by molar-refractivity contribution is -0.384. The monoisotopic (exact) mass is 578 g/mol. The molecule has 0 saturated carbocycles. The highest BCUT2D eigenvalue weighted by atomic mass is 79.9. The number of aliphatic hydroxyl groups is 1. The second-order valence-corrected chi connectivity index (χ2v) is 10.5. The number of carbonyl (C=O) groups is 4. The molecule has 4 aliphatic rings. The van der Waals surface area contributed by atoms with Gasteiger partial charge in [-0.15, -0.1) is 0 Å². The molecule has 38 heavy (non-hydrogen) atoms. The Hall–Kier alpha value is -3.96. The summed E-state index contributed by atoms with van der Waals surface area (Å²) in [4.78, 5) is 65.1. The molecule has 0 spiro atoms. The molecule has 1 aromatic carbocycles. The molecule has 192 valence electrons. The molecular formula is C27H19BrN2O8. The lowest BCUT2D eigenvalue weighted by atomic mass is 9.60. The molecule has 2 heterocycles. The molecule has 1 fully saturated rings. The summed E-state index contributed by atoms with van der Waals surface area (Å²) in [7, 11) is 0. The summed E-state index contributed by atoms with van der Waals surface area (Å²) in [5.41, 5.74) is 1.35. The van der Waals surface area contributed by atoms with Crippen molar-refractivity contribution in [3.63, 3.8) is 0 Å². The normalized spacial score (nSPS) is 26.6. The third-order valence-corrected chi connectivity index (χ3v) is 8.36. The predicted octanol–water partition coefficient (Wildman–Crippen LogP) is 3.65. The van der Waals surface area contributed by atoms with Gasteiger partial charge in [0.05, 0.1) is 32.8 Å². The van der Waals surface area contributed by atoms with Gasteiger partial charge in [0.25, 0.3) is 5.69 Å². The molecule has 1 aliphatic heterocycles. The van der Waals surface area contributed by atoms with Crippen LogP contribution in [0.4, 0.5) is 11.4 Å². The number of hydrogen-bond acceptors (Lipinski definition) is 8. The molecule has 1 N–H and O–H groups in total. The number of Topliss-reactive ketones (excluding diaryl/α,β-unsaturated/α-hetero) is 1. The van der Waals surface area contributed by atoms with E-state index < -0.39 is 40.4 Å². The fraction of sp³-hybridized carbons (Fsp3) is 0.259. The summed E-state index contributed by atoms with van der Waals surface area (Å²) in [6, 6.07) is 8.45. The molecular weight excluding hydrogens is 560 g/mol. The average Bonchev–Trinajstić information content (AvgIpc) is 3.48. The first-order valence-corrected chi connectivity index (χ1v) is 12.7. The number of furan rings is 1. The number of ketones is 2. The van der Waals surface area contributed by atoms with Gasteiger partial charge in [0, 0.05) is 29.4 Å². The van der Waals surface area contributed by atoms with Crippen molar-refractivity contribution in [2.75, 3.05) is 4.90 Å². The molecule has 4 unspecified atom stereocenters. The zero-order valence-electron chi connectivity index (χ0n) is 19.6. The van der Waals surface area contributed by atoms with Gasteiger partial charge in [-0.3, -0.25) is 34.2 Å². The van der Waals surface area contributed by atoms with Gasteiger partial charge in [-0.2, -0.15) is 0 Å². The number of imide groups is 1. The molecule has 0 radical (unpaired) electrons. The second-order valence-electron chi connectivity index (χ2n) is 9.64. The average molecular weight is 579 g/mol. The van der Waals surface area contributed by atoms with Gasteiger partial charge in [0.15, 0.2) is 11.6 Å². The Labute approximate surface area is 223 Å². The van der Waals surface area contributed by atoms with E-state index >= 15 is 0 Å². The summed E-state index contributed by atoms with van der Waals surface area (Å²) in [5, 5.41) is 20.6. The van der Waals surface area contributed by atoms with E-state index in [4.69, 9.17) is 4.42 Å². The van der Waals surface area contributed by atoms with Crippen LogP contribution >= 0.6 is 15.9 Å². The summed E-state index contributed by atoms with van der Waals surface area (Å²) in [6.45, 7) is -0.346. The molecule has 0 bridgehead atoms. The minimum atomic E-state index is -0.783. The number of non-ortho nitro benzene ring substituents is 1. The molecule has 1 aromatic heterocycles. The third kappa shape index (κ3) is 3.49. The highest BCUT2D eigenvalue weighted by molar-refractivity contribution is 9.12. The topological polar surface area (TPSA) is 148 Å². The number of amides is 2. The zero-order valence-corrected chi connectivity index (χ0v) is 21.2. The van der Waals surface area contributed by atoms with Crippen LogP contribution in [0.1, 0.15) is 30.3 Å². The molecule has 6 rings (SSSR count). The van der Waals surface area contributed by atoms with Crippen LogP contribution in [-0.2, 0) is 25.8 Å². The van der Waals surface area contributed by atoms with E-state index in [1.165, 1.54) is 30.3 Å². The van der Waals surface area contributed by atoms with Gasteiger partial charge >= 0.3 is 0 Å². The number of anilines is 1. The third-order valence-electron chi connectivity index (χ3n) is 7.77. The Morgan fingerprint density at radius 1 is 1.05 bits per heavy atom. The number of aliphatic hydroxyl groups excluding tert-OH is 1. The fourth-order valence-corrected chi connectivity index (χ4v) is 6.59. The van der Waals surface area contributed by atoms with Crippen molar-refractivity contribution >= 4 is 50.7 Å². The Bertz CT molecular complexity index is 1550. The van der Waals surface area contributed by atoms with Crippen LogP contribution in [-0.4, -0.2) is 33.4 Å². The van der Waals surface area contributed by atoms with Gasteiger partial charge in [-0.05, 0) is 59.0 Å². The number of rotatable bonds is 4. The molecule has 3 aliphatic carbocycles. The van der Waals surface area contributed by atoms with E-state index in [0.717, 1.165) is 10.5 Å². The SMILES string of the molecule is O=C1C=C(Br)C(=O)C2=C1C(c1ccc(CO)o1)C1=CCC3C(=O)N(c4ccc([N+](=O)[O-])cc4)C(=O)C3C1C2. The number of nitrogens with zero attached hydrogens (tertiary/aromatic N) is 2. The quantitative estimate of drug-likeness (QED) is 0.190. The number of fused-ring (bicyclic) bond motifs is 3. The van der Waals surface area contributed by atoms with E-state index in [1.807, 2.05) is 6.08 Å². The van der Waals surface area contributed by atoms with Gasteiger partial charge in [-0.1, -0.05) is 11.6 Å².